The van der Waals surface area contributed by atoms with Crippen molar-refractivity contribution in [3.8, 4) is 5.75 Å². The van der Waals surface area contributed by atoms with Gasteiger partial charge in [0.2, 0.25) is 0 Å². The number of hydrogen-bond donors (Lipinski definition) is 2. The van der Waals surface area contributed by atoms with Crippen LogP contribution in [0.2, 0.25) is 0 Å². The predicted octanol–water partition coefficient (Wildman–Crippen LogP) is 1.91. The minimum absolute atomic E-state index is 0.346. The van der Waals surface area contributed by atoms with Crippen LogP contribution in [0.3, 0.4) is 0 Å². The molecule has 0 amide bonds. The molecule has 1 aliphatic rings. The molecule has 1 aromatic carbocycles. The highest BCUT2D eigenvalue weighted by Gasteiger charge is 2.18. The zero-order valence-corrected chi connectivity index (χ0v) is 17.1. The van der Waals surface area contributed by atoms with Gasteiger partial charge in [0.05, 0.1) is 0 Å². The summed E-state index contributed by atoms with van der Waals surface area (Å²) in [6, 6.07) is 8.15. The van der Waals surface area contributed by atoms with Gasteiger partial charge in [-0.25, -0.2) is 0 Å². The fourth-order valence-electron chi connectivity index (χ4n) is 3.15. The highest BCUT2D eigenvalue weighted by molar-refractivity contribution is 7.98. The summed E-state index contributed by atoms with van der Waals surface area (Å²) in [7, 11) is 0. The average Bonchev–Trinajstić information content (AvgIpc) is 2.67. The van der Waals surface area contributed by atoms with Crippen LogP contribution in [0.25, 0.3) is 0 Å². The number of aliphatic hydroxyl groups excluding tert-OH is 1. The Morgan fingerprint density at radius 2 is 2.00 bits per heavy atom. The van der Waals surface area contributed by atoms with Gasteiger partial charge < -0.3 is 20.1 Å². The van der Waals surface area contributed by atoms with Crippen LogP contribution in [-0.2, 0) is 6.54 Å². The lowest BCUT2D eigenvalue weighted by Crippen LogP contribution is -2.49. The number of benzene rings is 1. The van der Waals surface area contributed by atoms with Crippen molar-refractivity contribution in [1.82, 2.24) is 15.1 Å². The van der Waals surface area contributed by atoms with Crippen LogP contribution in [0.1, 0.15) is 18.9 Å². The van der Waals surface area contributed by atoms with E-state index in [1.165, 1.54) is 17.7 Å². The summed E-state index contributed by atoms with van der Waals surface area (Å²) >= 11 is 1.88. The van der Waals surface area contributed by atoms with Crippen molar-refractivity contribution < 1.29 is 9.84 Å². The van der Waals surface area contributed by atoms with E-state index in [2.05, 4.69) is 40.4 Å². The maximum Gasteiger partial charge on any atom is 0.119 e. The predicted molar refractivity (Wildman–Crippen MR) is 111 cm³/mol. The van der Waals surface area contributed by atoms with Crippen LogP contribution in [0.15, 0.2) is 24.3 Å². The third kappa shape index (κ3) is 8.27. The highest BCUT2D eigenvalue weighted by Crippen LogP contribution is 2.14. The van der Waals surface area contributed by atoms with Gasteiger partial charge in [-0.15, -0.1) is 0 Å². The first-order chi connectivity index (χ1) is 12.7. The first-order valence-electron chi connectivity index (χ1n) is 9.75. The van der Waals surface area contributed by atoms with E-state index in [1.54, 1.807) is 0 Å². The molecule has 2 rings (SSSR count). The fourth-order valence-corrected chi connectivity index (χ4v) is 3.58. The number of nitrogens with zero attached hydrogens (tertiary/aromatic N) is 2. The van der Waals surface area contributed by atoms with Crippen molar-refractivity contribution in [3.63, 3.8) is 0 Å². The van der Waals surface area contributed by atoms with E-state index < -0.39 is 6.10 Å². The first-order valence-corrected chi connectivity index (χ1v) is 11.1. The SMILES string of the molecule is CCN1CCN(C[C@H](O)COc2cccc(CNCCCSC)c2)CC1. The molecule has 1 aromatic rings. The molecule has 1 saturated heterocycles. The summed E-state index contributed by atoms with van der Waals surface area (Å²) < 4.78 is 5.82. The molecule has 1 atom stereocenters. The topological polar surface area (TPSA) is 48.0 Å². The number of likely N-dealkylation sites (N-methyl/N-ethyl adjacent to an activating group) is 1. The lowest BCUT2D eigenvalue weighted by atomic mass is 10.2. The largest absolute Gasteiger partial charge is 0.491 e. The van der Waals surface area contributed by atoms with E-state index in [0.29, 0.717) is 13.2 Å². The summed E-state index contributed by atoms with van der Waals surface area (Å²) in [5.74, 6) is 2.03. The molecule has 0 bridgehead atoms. The monoisotopic (exact) mass is 381 g/mol. The Morgan fingerprint density at radius 1 is 1.23 bits per heavy atom. The Kier molecular flexibility index (Phi) is 10.4. The van der Waals surface area contributed by atoms with Gasteiger partial charge in [0.1, 0.15) is 18.5 Å². The van der Waals surface area contributed by atoms with Crippen LogP contribution in [0.4, 0.5) is 0 Å². The Morgan fingerprint density at radius 3 is 2.73 bits per heavy atom. The molecule has 1 aliphatic heterocycles. The molecule has 0 aliphatic carbocycles. The molecule has 0 aromatic heterocycles. The summed E-state index contributed by atoms with van der Waals surface area (Å²) in [4.78, 5) is 4.77. The smallest absolute Gasteiger partial charge is 0.119 e. The van der Waals surface area contributed by atoms with Crippen molar-refractivity contribution in [2.45, 2.75) is 26.0 Å². The first kappa shape index (κ1) is 21.5. The van der Waals surface area contributed by atoms with Gasteiger partial charge in [0.15, 0.2) is 0 Å². The van der Waals surface area contributed by atoms with Gasteiger partial charge in [0, 0.05) is 39.3 Å². The number of β-amino-alcohol motifs (C(OH)–C–C–N with tert-alkyl or cyclic N) is 1. The van der Waals surface area contributed by atoms with E-state index in [4.69, 9.17) is 4.74 Å². The van der Waals surface area contributed by atoms with Crippen molar-refractivity contribution in [3.05, 3.63) is 29.8 Å². The van der Waals surface area contributed by atoms with Gasteiger partial charge >= 0.3 is 0 Å². The standard InChI is InChI=1S/C20H35N3O2S/c1-3-22-9-11-23(12-10-22)16-19(24)17-25-20-7-4-6-18(14-20)15-21-8-5-13-26-2/h4,6-7,14,19,21,24H,3,5,8-13,15-17H2,1-2H3/t19-/m0/s1. The molecule has 1 fully saturated rings. The zero-order valence-electron chi connectivity index (χ0n) is 16.3. The third-order valence-electron chi connectivity index (χ3n) is 4.75. The summed E-state index contributed by atoms with van der Waals surface area (Å²) in [6.07, 6.45) is 2.88. The van der Waals surface area contributed by atoms with Gasteiger partial charge in [-0.1, -0.05) is 19.1 Å². The minimum Gasteiger partial charge on any atom is -0.491 e. The summed E-state index contributed by atoms with van der Waals surface area (Å²) in [6.45, 7) is 10.5. The Bertz CT molecular complexity index is 496. The van der Waals surface area contributed by atoms with Crippen LogP contribution in [0.5, 0.6) is 5.75 Å². The Balaban J connectivity index is 1.66. The van der Waals surface area contributed by atoms with E-state index in [1.807, 2.05) is 23.9 Å². The number of hydrogen-bond acceptors (Lipinski definition) is 6. The van der Waals surface area contributed by atoms with Gasteiger partial charge in [-0.05, 0) is 49.2 Å². The summed E-state index contributed by atoms with van der Waals surface area (Å²) in [5.41, 5.74) is 1.22. The Hall–Kier alpha value is -0.790. The van der Waals surface area contributed by atoms with E-state index in [0.717, 1.165) is 51.6 Å². The van der Waals surface area contributed by atoms with Crippen molar-refractivity contribution >= 4 is 11.8 Å². The van der Waals surface area contributed by atoms with Gasteiger partial charge in [-0.2, -0.15) is 11.8 Å². The van der Waals surface area contributed by atoms with Crippen molar-refractivity contribution in [2.75, 3.05) is 64.4 Å². The second-order valence-electron chi connectivity index (χ2n) is 6.87. The average molecular weight is 382 g/mol. The number of ether oxygens (including phenoxy) is 1. The van der Waals surface area contributed by atoms with E-state index in [9.17, 15) is 5.11 Å². The molecule has 2 N–H and O–H groups in total. The molecule has 0 saturated carbocycles. The maximum atomic E-state index is 10.3. The molecule has 0 spiro atoms. The van der Waals surface area contributed by atoms with Crippen molar-refractivity contribution in [1.29, 1.82) is 0 Å². The lowest BCUT2D eigenvalue weighted by molar-refractivity contribution is 0.0471. The molecule has 148 valence electrons. The summed E-state index contributed by atoms with van der Waals surface area (Å²) in [5, 5.41) is 13.7. The minimum atomic E-state index is -0.448. The maximum absolute atomic E-state index is 10.3. The molecule has 0 radical (unpaired) electrons. The molecule has 1 heterocycles. The van der Waals surface area contributed by atoms with Crippen LogP contribution in [0, 0.1) is 0 Å². The molecule has 0 unspecified atom stereocenters. The number of aliphatic hydroxyl groups is 1. The molecular weight excluding hydrogens is 346 g/mol. The van der Waals surface area contributed by atoms with Gasteiger partial charge in [-0.3, -0.25) is 4.90 Å². The number of rotatable bonds is 12. The second kappa shape index (κ2) is 12.6. The third-order valence-corrected chi connectivity index (χ3v) is 5.45. The fraction of sp³-hybridized carbons (Fsp3) is 0.700. The second-order valence-corrected chi connectivity index (χ2v) is 7.86. The van der Waals surface area contributed by atoms with Crippen molar-refractivity contribution in [2.24, 2.45) is 0 Å². The zero-order chi connectivity index (χ0) is 18.6. The lowest BCUT2D eigenvalue weighted by Gasteiger charge is -2.34. The van der Waals surface area contributed by atoms with Crippen LogP contribution in [-0.4, -0.2) is 85.4 Å². The highest BCUT2D eigenvalue weighted by atomic mass is 32.2. The number of piperazine rings is 1. The van der Waals surface area contributed by atoms with E-state index in [-0.39, 0.29) is 0 Å². The number of thioether (sulfide) groups is 1. The Labute approximate surface area is 163 Å². The normalized spacial score (nSPS) is 17.3. The van der Waals surface area contributed by atoms with Crippen LogP contribution < -0.4 is 10.1 Å². The molecular formula is C20H35N3O2S. The quantitative estimate of drug-likeness (QED) is 0.540. The molecule has 5 nitrogen and oxygen atoms in total. The van der Waals surface area contributed by atoms with Crippen LogP contribution >= 0.6 is 11.8 Å². The number of nitrogens with one attached hydrogen (secondary N) is 1. The molecule has 26 heavy (non-hydrogen) atoms. The van der Waals surface area contributed by atoms with Gasteiger partial charge in [0.25, 0.3) is 0 Å². The molecule has 6 heteroatoms. The van der Waals surface area contributed by atoms with E-state index >= 15 is 0 Å².